The summed E-state index contributed by atoms with van der Waals surface area (Å²) in [6, 6.07) is 8.63. The molecule has 4 N–H and O–H groups in total. The Kier molecular flexibility index (Phi) is 6.02. The Morgan fingerprint density at radius 3 is 2.42 bits per heavy atom. The van der Waals surface area contributed by atoms with E-state index in [2.05, 4.69) is 0 Å². The summed E-state index contributed by atoms with van der Waals surface area (Å²) in [7, 11) is 0. The fraction of sp³-hybridized carbons (Fsp3) is 0.429. The first-order valence-electron chi connectivity index (χ1n) is 6.46. The molecule has 1 rings (SSSR count). The minimum Gasteiger partial charge on any atom is -0.370 e. The molecule has 0 aliphatic heterocycles. The first-order valence-corrected chi connectivity index (χ1v) is 6.46. The summed E-state index contributed by atoms with van der Waals surface area (Å²) < 4.78 is 0. The molecule has 0 radical (unpaired) electrons. The van der Waals surface area contributed by atoms with Crippen LogP contribution in [0.15, 0.2) is 30.3 Å². The third-order valence-corrected chi connectivity index (χ3v) is 2.83. The van der Waals surface area contributed by atoms with Gasteiger partial charge in [0, 0.05) is 18.7 Å². The van der Waals surface area contributed by atoms with Crippen molar-refractivity contribution in [1.29, 1.82) is 0 Å². The van der Waals surface area contributed by atoms with E-state index in [-0.39, 0.29) is 18.9 Å². The summed E-state index contributed by atoms with van der Waals surface area (Å²) in [5.41, 5.74) is 11.7. The number of primary amides is 1. The van der Waals surface area contributed by atoms with Gasteiger partial charge in [0.25, 0.3) is 0 Å². The Hall–Kier alpha value is -1.88. The van der Waals surface area contributed by atoms with E-state index in [1.165, 1.54) is 4.90 Å². The molecule has 2 amide bonds. The van der Waals surface area contributed by atoms with Gasteiger partial charge in [-0.25, -0.2) is 0 Å². The van der Waals surface area contributed by atoms with Crippen LogP contribution in [-0.4, -0.2) is 24.4 Å². The van der Waals surface area contributed by atoms with Gasteiger partial charge in [0.15, 0.2) is 0 Å². The maximum absolute atomic E-state index is 12.3. The normalized spacial score (nSPS) is 11.9. The Labute approximate surface area is 113 Å². The van der Waals surface area contributed by atoms with E-state index in [0.29, 0.717) is 6.42 Å². The molecule has 0 saturated carbocycles. The van der Waals surface area contributed by atoms with E-state index in [1.807, 2.05) is 37.3 Å². The highest BCUT2D eigenvalue weighted by Crippen LogP contribution is 2.15. The smallest absolute Gasteiger partial charge is 0.243 e. The third-order valence-electron chi connectivity index (χ3n) is 2.83. The zero-order valence-electron chi connectivity index (χ0n) is 11.2. The topological polar surface area (TPSA) is 89.4 Å². The van der Waals surface area contributed by atoms with Gasteiger partial charge >= 0.3 is 0 Å². The molecule has 0 spiro atoms. The summed E-state index contributed by atoms with van der Waals surface area (Å²) >= 11 is 0. The number of benzene rings is 1. The lowest BCUT2D eigenvalue weighted by Gasteiger charge is -2.25. The minimum atomic E-state index is -0.543. The van der Waals surface area contributed by atoms with Crippen LogP contribution in [0.3, 0.4) is 0 Å². The molecule has 19 heavy (non-hydrogen) atoms. The van der Waals surface area contributed by atoms with Crippen LogP contribution in [0.1, 0.15) is 26.2 Å². The Morgan fingerprint density at radius 2 is 1.89 bits per heavy atom. The largest absolute Gasteiger partial charge is 0.370 e. The van der Waals surface area contributed by atoms with Crippen LogP contribution in [0.2, 0.25) is 0 Å². The van der Waals surface area contributed by atoms with Crippen molar-refractivity contribution >= 4 is 17.5 Å². The highest BCUT2D eigenvalue weighted by atomic mass is 16.2. The average Bonchev–Trinajstić information content (AvgIpc) is 2.40. The number of para-hydroxylation sites is 1. The molecular weight excluding hydrogens is 242 g/mol. The molecule has 5 heteroatoms. The van der Waals surface area contributed by atoms with Crippen molar-refractivity contribution in [3.8, 4) is 0 Å². The first-order chi connectivity index (χ1) is 9.06. The molecular formula is C14H21N3O2. The zero-order valence-corrected chi connectivity index (χ0v) is 11.2. The van der Waals surface area contributed by atoms with Gasteiger partial charge in [-0.15, -0.1) is 0 Å². The van der Waals surface area contributed by atoms with Crippen molar-refractivity contribution in [3.05, 3.63) is 30.3 Å². The molecule has 1 unspecified atom stereocenters. The number of nitrogens with zero attached hydrogens (tertiary/aromatic N) is 1. The Bertz CT molecular complexity index is 420. The second-order valence-electron chi connectivity index (χ2n) is 4.44. The fourth-order valence-corrected chi connectivity index (χ4v) is 1.83. The van der Waals surface area contributed by atoms with Crippen molar-refractivity contribution in [1.82, 2.24) is 0 Å². The predicted molar refractivity (Wildman–Crippen MR) is 75.5 cm³/mol. The molecule has 0 bridgehead atoms. The van der Waals surface area contributed by atoms with Crippen LogP contribution in [0.4, 0.5) is 5.69 Å². The van der Waals surface area contributed by atoms with Gasteiger partial charge in [0.2, 0.25) is 11.8 Å². The summed E-state index contributed by atoms with van der Waals surface area (Å²) in [6.45, 7) is 2.24. The number of nitrogens with two attached hydrogens (primary N) is 2. The Balaban J connectivity index is 2.86. The first kappa shape index (κ1) is 15.2. The van der Waals surface area contributed by atoms with E-state index < -0.39 is 11.9 Å². The fourth-order valence-electron chi connectivity index (χ4n) is 1.83. The maximum Gasteiger partial charge on any atom is 0.243 e. The second-order valence-corrected chi connectivity index (χ2v) is 4.44. The molecule has 104 valence electrons. The molecule has 0 aliphatic rings. The number of amides is 2. The molecule has 0 aromatic heterocycles. The zero-order chi connectivity index (χ0) is 14.3. The quantitative estimate of drug-likeness (QED) is 0.769. The summed E-state index contributed by atoms with van der Waals surface area (Å²) in [4.78, 5) is 24.7. The molecule has 0 aliphatic carbocycles. The summed E-state index contributed by atoms with van der Waals surface area (Å²) in [5.74, 6) is -0.605. The van der Waals surface area contributed by atoms with Gasteiger partial charge in [-0.05, 0) is 18.6 Å². The molecule has 0 heterocycles. The van der Waals surface area contributed by atoms with Crippen molar-refractivity contribution in [2.24, 2.45) is 11.5 Å². The van der Waals surface area contributed by atoms with Crippen molar-refractivity contribution in [2.45, 2.75) is 32.2 Å². The van der Waals surface area contributed by atoms with Crippen molar-refractivity contribution in [2.75, 3.05) is 11.4 Å². The van der Waals surface area contributed by atoms with E-state index in [9.17, 15) is 9.59 Å². The molecule has 1 aromatic rings. The van der Waals surface area contributed by atoms with E-state index in [0.717, 1.165) is 12.1 Å². The third kappa shape index (κ3) is 4.71. The van der Waals surface area contributed by atoms with E-state index >= 15 is 0 Å². The monoisotopic (exact) mass is 263 g/mol. The summed E-state index contributed by atoms with van der Waals surface area (Å²) in [6.07, 6.45) is 1.59. The minimum absolute atomic E-state index is 0.124. The number of carbonyl (C=O) groups excluding carboxylic acids is 2. The highest BCUT2D eigenvalue weighted by Gasteiger charge is 2.21. The van der Waals surface area contributed by atoms with Gasteiger partial charge in [0.1, 0.15) is 0 Å². The predicted octanol–water partition coefficient (Wildman–Crippen LogP) is 1.02. The summed E-state index contributed by atoms with van der Waals surface area (Å²) in [5, 5.41) is 0. The van der Waals surface area contributed by atoms with Gasteiger partial charge < -0.3 is 16.4 Å². The SMILES string of the molecule is CCCC(N)C(=O)N(CCC(N)=O)c1ccccc1. The van der Waals surface area contributed by atoms with Gasteiger partial charge in [-0.3, -0.25) is 9.59 Å². The van der Waals surface area contributed by atoms with Crippen LogP contribution in [0.25, 0.3) is 0 Å². The average molecular weight is 263 g/mol. The number of hydrogen-bond donors (Lipinski definition) is 2. The van der Waals surface area contributed by atoms with Crippen molar-refractivity contribution in [3.63, 3.8) is 0 Å². The molecule has 1 aromatic carbocycles. The van der Waals surface area contributed by atoms with Crippen LogP contribution in [-0.2, 0) is 9.59 Å². The van der Waals surface area contributed by atoms with E-state index in [1.54, 1.807) is 0 Å². The molecule has 1 atom stereocenters. The number of carbonyl (C=O) groups is 2. The lowest BCUT2D eigenvalue weighted by molar-refractivity contribution is -0.120. The van der Waals surface area contributed by atoms with Crippen LogP contribution in [0, 0.1) is 0 Å². The van der Waals surface area contributed by atoms with Crippen LogP contribution >= 0.6 is 0 Å². The lowest BCUT2D eigenvalue weighted by Crippen LogP contribution is -2.45. The Morgan fingerprint density at radius 1 is 1.26 bits per heavy atom. The van der Waals surface area contributed by atoms with E-state index in [4.69, 9.17) is 11.5 Å². The number of anilines is 1. The van der Waals surface area contributed by atoms with Crippen LogP contribution in [0.5, 0.6) is 0 Å². The van der Waals surface area contributed by atoms with Gasteiger partial charge in [-0.2, -0.15) is 0 Å². The maximum atomic E-state index is 12.3. The lowest BCUT2D eigenvalue weighted by atomic mass is 10.1. The van der Waals surface area contributed by atoms with Gasteiger partial charge in [0.05, 0.1) is 6.04 Å². The number of hydrogen-bond acceptors (Lipinski definition) is 3. The standard InChI is InChI=1S/C14H21N3O2/c1-2-6-12(15)14(19)17(10-9-13(16)18)11-7-4-3-5-8-11/h3-5,7-8,12H,2,6,9-10,15H2,1H3,(H2,16,18). The second kappa shape index (κ2) is 7.53. The van der Waals surface area contributed by atoms with Gasteiger partial charge in [-0.1, -0.05) is 31.5 Å². The molecule has 5 nitrogen and oxygen atoms in total. The van der Waals surface area contributed by atoms with Crippen LogP contribution < -0.4 is 16.4 Å². The molecule has 0 saturated heterocycles. The highest BCUT2D eigenvalue weighted by molar-refractivity contribution is 5.97. The van der Waals surface area contributed by atoms with Crippen molar-refractivity contribution < 1.29 is 9.59 Å². The number of rotatable bonds is 7. The molecule has 0 fully saturated rings.